The summed E-state index contributed by atoms with van der Waals surface area (Å²) in [6, 6.07) is 10.7. The quantitative estimate of drug-likeness (QED) is 0.491. The van der Waals surface area contributed by atoms with Crippen molar-refractivity contribution in [1.29, 1.82) is 0 Å². The van der Waals surface area contributed by atoms with Gasteiger partial charge in [0.15, 0.2) is 11.4 Å². The van der Waals surface area contributed by atoms with Crippen LogP contribution in [0.5, 0.6) is 5.75 Å². The average Bonchev–Trinajstić information content (AvgIpc) is 3.40. The van der Waals surface area contributed by atoms with Crippen molar-refractivity contribution in [2.24, 2.45) is 0 Å². The van der Waals surface area contributed by atoms with E-state index in [1.165, 1.54) is 17.5 Å². The van der Waals surface area contributed by atoms with Gasteiger partial charge in [0, 0.05) is 28.4 Å². The molecule has 0 fully saturated rings. The molecule has 31 heavy (non-hydrogen) atoms. The van der Waals surface area contributed by atoms with Gasteiger partial charge >= 0.3 is 0 Å². The minimum atomic E-state index is -0.0418. The molecule has 0 amide bonds. The third kappa shape index (κ3) is 3.59. The Balaban J connectivity index is 1.81. The van der Waals surface area contributed by atoms with Gasteiger partial charge in [-0.05, 0) is 45.5 Å². The van der Waals surface area contributed by atoms with Gasteiger partial charge in [0.2, 0.25) is 0 Å². The van der Waals surface area contributed by atoms with E-state index in [0.29, 0.717) is 11.4 Å². The molecular formula is C24H30N6O. The number of aromatic amines is 1. The van der Waals surface area contributed by atoms with E-state index in [9.17, 15) is 0 Å². The van der Waals surface area contributed by atoms with Gasteiger partial charge in [-0.15, -0.1) is 0 Å². The number of hydrogen-bond acceptors (Lipinski definition) is 5. The molecule has 1 N–H and O–H groups in total. The summed E-state index contributed by atoms with van der Waals surface area (Å²) >= 11 is 0. The predicted molar refractivity (Wildman–Crippen MR) is 123 cm³/mol. The molecule has 3 aromatic heterocycles. The molecule has 0 aliphatic heterocycles. The molecule has 4 aromatic rings. The number of nitrogens with one attached hydrogen (secondary N) is 1. The molecular weight excluding hydrogens is 388 g/mol. The Bertz CT molecular complexity index is 1200. The smallest absolute Gasteiger partial charge is 0.197 e. The van der Waals surface area contributed by atoms with Gasteiger partial charge in [-0.2, -0.15) is 10.2 Å². The number of methoxy groups -OCH3 is 1. The highest BCUT2D eigenvalue weighted by molar-refractivity contribution is 5.76. The van der Waals surface area contributed by atoms with E-state index in [4.69, 9.17) is 9.84 Å². The molecule has 0 atom stereocenters. The van der Waals surface area contributed by atoms with E-state index in [2.05, 4.69) is 86.1 Å². The van der Waals surface area contributed by atoms with Gasteiger partial charge in [0.1, 0.15) is 6.33 Å². The number of nitrogens with zero attached hydrogens (tertiary/aromatic N) is 5. The van der Waals surface area contributed by atoms with Crippen LogP contribution in [-0.2, 0) is 5.54 Å². The molecule has 0 bridgehead atoms. The van der Waals surface area contributed by atoms with Crippen LogP contribution < -0.4 is 4.74 Å². The highest BCUT2D eigenvalue weighted by atomic mass is 16.5. The van der Waals surface area contributed by atoms with Crippen molar-refractivity contribution < 1.29 is 4.74 Å². The predicted octanol–water partition coefficient (Wildman–Crippen LogP) is 4.72. The third-order valence-corrected chi connectivity index (χ3v) is 6.21. The Morgan fingerprint density at radius 2 is 1.81 bits per heavy atom. The Morgan fingerprint density at radius 3 is 2.42 bits per heavy atom. The van der Waals surface area contributed by atoms with Crippen LogP contribution in [0.3, 0.4) is 0 Å². The summed E-state index contributed by atoms with van der Waals surface area (Å²) in [5, 5.41) is 12.3. The van der Waals surface area contributed by atoms with Crippen LogP contribution in [0.1, 0.15) is 44.7 Å². The van der Waals surface area contributed by atoms with Gasteiger partial charge in [-0.25, -0.2) is 9.50 Å². The summed E-state index contributed by atoms with van der Waals surface area (Å²) in [6.45, 7) is 8.82. The first-order valence-corrected chi connectivity index (χ1v) is 10.5. The first-order valence-electron chi connectivity index (χ1n) is 10.5. The lowest BCUT2D eigenvalue weighted by Crippen LogP contribution is -2.35. The average molecular weight is 419 g/mol. The topological polar surface area (TPSA) is 71.3 Å². The van der Waals surface area contributed by atoms with Crippen LogP contribution in [0.4, 0.5) is 0 Å². The number of hydrogen-bond donors (Lipinski definition) is 1. The fourth-order valence-electron chi connectivity index (χ4n) is 3.83. The maximum absolute atomic E-state index is 5.54. The normalized spacial score (nSPS) is 12.3. The zero-order valence-corrected chi connectivity index (χ0v) is 19.3. The number of fused-ring (bicyclic) bond motifs is 1. The lowest BCUT2D eigenvalue weighted by Gasteiger charge is -2.33. The molecule has 0 aliphatic rings. The Morgan fingerprint density at radius 1 is 1.10 bits per heavy atom. The van der Waals surface area contributed by atoms with Crippen LogP contribution in [-0.4, -0.2) is 50.9 Å². The summed E-state index contributed by atoms with van der Waals surface area (Å²) in [5.41, 5.74) is 7.08. The minimum absolute atomic E-state index is 0.0418. The Hall–Kier alpha value is -3.19. The number of aromatic nitrogens is 5. The molecule has 0 saturated carbocycles. The summed E-state index contributed by atoms with van der Waals surface area (Å²) in [5.74, 6) is 0.954. The van der Waals surface area contributed by atoms with Crippen molar-refractivity contribution >= 4 is 5.65 Å². The molecule has 1 aromatic carbocycles. The number of ether oxygens (including phenoxy) is 1. The number of benzene rings is 1. The Kier molecular flexibility index (Phi) is 5.31. The molecule has 0 unspecified atom stereocenters. The van der Waals surface area contributed by atoms with Crippen LogP contribution in [0.25, 0.3) is 28.2 Å². The number of pyridine rings is 1. The first-order chi connectivity index (χ1) is 14.7. The van der Waals surface area contributed by atoms with Gasteiger partial charge < -0.3 is 9.64 Å². The summed E-state index contributed by atoms with van der Waals surface area (Å²) < 4.78 is 7.28. The second-order valence-electron chi connectivity index (χ2n) is 8.87. The minimum Gasteiger partial charge on any atom is -0.493 e. The number of H-pyrrole nitrogens is 1. The number of rotatable bonds is 6. The molecule has 0 spiro atoms. The van der Waals surface area contributed by atoms with Crippen molar-refractivity contribution in [3.63, 3.8) is 0 Å². The molecule has 7 nitrogen and oxygen atoms in total. The van der Waals surface area contributed by atoms with Gasteiger partial charge in [0.05, 0.1) is 18.5 Å². The van der Waals surface area contributed by atoms with E-state index in [-0.39, 0.29) is 11.5 Å². The van der Waals surface area contributed by atoms with Crippen molar-refractivity contribution in [2.45, 2.75) is 39.2 Å². The van der Waals surface area contributed by atoms with E-state index in [0.717, 1.165) is 22.5 Å². The van der Waals surface area contributed by atoms with E-state index < -0.39 is 0 Å². The molecule has 0 radical (unpaired) electrons. The lowest BCUT2D eigenvalue weighted by atomic mass is 9.90. The van der Waals surface area contributed by atoms with Crippen LogP contribution in [0, 0.1) is 0 Å². The van der Waals surface area contributed by atoms with Crippen molar-refractivity contribution in [2.75, 3.05) is 21.2 Å². The fourth-order valence-corrected chi connectivity index (χ4v) is 3.83. The van der Waals surface area contributed by atoms with E-state index >= 15 is 0 Å². The van der Waals surface area contributed by atoms with E-state index in [1.54, 1.807) is 11.6 Å². The molecule has 0 saturated heterocycles. The molecule has 3 heterocycles. The summed E-state index contributed by atoms with van der Waals surface area (Å²) in [7, 11) is 5.85. The van der Waals surface area contributed by atoms with Gasteiger partial charge in [-0.1, -0.05) is 38.1 Å². The van der Waals surface area contributed by atoms with Crippen molar-refractivity contribution in [1.82, 2.24) is 29.7 Å². The van der Waals surface area contributed by atoms with Crippen LogP contribution in [0.2, 0.25) is 0 Å². The maximum Gasteiger partial charge on any atom is 0.197 e. The third-order valence-electron chi connectivity index (χ3n) is 6.21. The maximum atomic E-state index is 5.54. The zero-order valence-electron chi connectivity index (χ0n) is 19.3. The van der Waals surface area contributed by atoms with Gasteiger partial charge in [-0.3, -0.25) is 5.10 Å². The standard InChI is InChI=1S/C24H30N6O/c1-15(2)20-21(16-8-10-18(11-9-16)24(3,4)29(5)6)27-28-22(20)17-12-19(31-7)23-25-14-26-30(23)13-17/h8-15H,1-7H3,(H,27,28). The summed E-state index contributed by atoms with van der Waals surface area (Å²) in [4.78, 5) is 6.50. The molecule has 7 heteroatoms. The lowest BCUT2D eigenvalue weighted by molar-refractivity contribution is 0.198. The second kappa shape index (κ2) is 7.81. The second-order valence-corrected chi connectivity index (χ2v) is 8.87. The highest BCUT2D eigenvalue weighted by Crippen LogP contribution is 2.37. The van der Waals surface area contributed by atoms with Crippen LogP contribution in [0.15, 0.2) is 42.9 Å². The highest BCUT2D eigenvalue weighted by Gasteiger charge is 2.24. The monoisotopic (exact) mass is 418 g/mol. The molecule has 162 valence electrons. The fraction of sp³-hybridized carbons (Fsp3) is 0.375. The SMILES string of the molecule is COc1cc(-c2[nH]nc(-c3ccc(C(C)(C)N(C)C)cc3)c2C(C)C)cn2ncnc12. The molecule has 0 aliphatic carbocycles. The largest absolute Gasteiger partial charge is 0.493 e. The summed E-state index contributed by atoms with van der Waals surface area (Å²) in [6.07, 6.45) is 3.48. The Labute approximate surface area is 183 Å². The van der Waals surface area contributed by atoms with E-state index in [1.807, 2.05) is 12.3 Å². The van der Waals surface area contributed by atoms with Crippen LogP contribution >= 0.6 is 0 Å². The zero-order chi connectivity index (χ0) is 22.3. The first kappa shape index (κ1) is 21.1. The van der Waals surface area contributed by atoms with Gasteiger partial charge in [0.25, 0.3) is 0 Å². The molecule has 4 rings (SSSR count). The van der Waals surface area contributed by atoms with Crippen molar-refractivity contribution in [3.05, 3.63) is 54.0 Å². The van der Waals surface area contributed by atoms with Crippen molar-refractivity contribution in [3.8, 4) is 28.3 Å².